The highest BCUT2D eigenvalue weighted by molar-refractivity contribution is 5.81. The van der Waals surface area contributed by atoms with Gasteiger partial charge in [-0.1, -0.05) is 5.92 Å². The summed E-state index contributed by atoms with van der Waals surface area (Å²) in [6, 6.07) is 8.01. The molecule has 70 valence electrons. The van der Waals surface area contributed by atoms with E-state index in [1.165, 1.54) is 10.9 Å². The van der Waals surface area contributed by atoms with E-state index in [4.69, 9.17) is 11.2 Å². The number of aryl methyl sites for hydroxylation is 1. The van der Waals surface area contributed by atoms with Crippen molar-refractivity contribution in [3.63, 3.8) is 0 Å². The lowest BCUT2D eigenvalue weighted by atomic mass is 10.2. The van der Waals surface area contributed by atoms with E-state index in [1.807, 2.05) is 31.4 Å². The highest BCUT2D eigenvalue weighted by atomic mass is 16.5. The minimum Gasteiger partial charge on any atom is -0.481 e. The van der Waals surface area contributed by atoms with Crippen LogP contribution in [0, 0.1) is 12.3 Å². The Morgan fingerprint density at radius 3 is 3.07 bits per heavy atom. The SMILES string of the molecule is C#CCOc1ccc2c(ccn2C)c1. The van der Waals surface area contributed by atoms with Crippen LogP contribution in [0.4, 0.5) is 0 Å². The molecule has 0 saturated heterocycles. The van der Waals surface area contributed by atoms with E-state index in [1.54, 1.807) is 0 Å². The first-order valence-corrected chi connectivity index (χ1v) is 4.42. The fourth-order valence-electron chi connectivity index (χ4n) is 1.47. The molecule has 0 radical (unpaired) electrons. The second-order valence-corrected chi connectivity index (χ2v) is 3.14. The number of hydrogen-bond acceptors (Lipinski definition) is 1. The molecule has 0 unspecified atom stereocenters. The number of ether oxygens (including phenoxy) is 1. The lowest BCUT2D eigenvalue weighted by molar-refractivity contribution is 0.371. The summed E-state index contributed by atoms with van der Waals surface area (Å²) in [4.78, 5) is 0. The van der Waals surface area contributed by atoms with E-state index in [9.17, 15) is 0 Å². The van der Waals surface area contributed by atoms with Crippen molar-refractivity contribution in [3.05, 3.63) is 30.5 Å². The van der Waals surface area contributed by atoms with Crippen LogP contribution in [0.1, 0.15) is 0 Å². The number of nitrogens with zero attached hydrogens (tertiary/aromatic N) is 1. The molecule has 1 heterocycles. The molecule has 2 rings (SSSR count). The molecule has 1 aromatic carbocycles. The zero-order valence-electron chi connectivity index (χ0n) is 8.03. The Balaban J connectivity index is 2.38. The molecule has 1 aromatic heterocycles. The van der Waals surface area contributed by atoms with Crippen LogP contribution in [-0.2, 0) is 7.05 Å². The van der Waals surface area contributed by atoms with Gasteiger partial charge in [0.05, 0.1) is 0 Å². The molecule has 2 nitrogen and oxygen atoms in total. The lowest BCUT2D eigenvalue weighted by Crippen LogP contribution is -1.93. The first-order chi connectivity index (χ1) is 6.81. The van der Waals surface area contributed by atoms with Gasteiger partial charge in [-0.05, 0) is 24.3 Å². The molecule has 0 aliphatic heterocycles. The third kappa shape index (κ3) is 1.45. The second-order valence-electron chi connectivity index (χ2n) is 3.14. The van der Waals surface area contributed by atoms with Gasteiger partial charge in [-0.3, -0.25) is 0 Å². The van der Waals surface area contributed by atoms with Crippen LogP contribution in [0.2, 0.25) is 0 Å². The van der Waals surface area contributed by atoms with Crippen molar-refractivity contribution in [2.45, 2.75) is 0 Å². The standard InChI is InChI=1S/C12H11NO/c1-3-8-14-11-4-5-12-10(9-11)6-7-13(12)2/h1,4-7,9H,8H2,2H3. The molecule has 0 atom stereocenters. The van der Waals surface area contributed by atoms with Crippen molar-refractivity contribution in [1.29, 1.82) is 0 Å². The second kappa shape index (κ2) is 3.47. The van der Waals surface area contributed by atoms with Crippen molar-refractivity contribution in [2.24, 2.45) is 7.05 Å². The largest absolute Gasteiger partial charge is 0.481 e. The maximum absolute atomic E-state index is 5.33. The van der Waals surface area contributed by atoms with E-state index in [0.717, 1.165) is 5.75 Å². The van der Waals surface area contributed by atoms with Gasteiger partial charge in [-0.25, -0.2) is 0 Å². The van der Waals surface area contributed by atoms with E-state index in [-0.39, 0.29) is 0 Å². The quantitative estimate of drug-likeness (QED) is 0.654. The molecule has 0 amide bonds. The van der Waals surface area contributed by atoms with E-state index in [2.05, 4.69) is 16.6 Å². The average molecular weight is 185 g/mol. The van der Waals surface area contributed by atoms with Gasteiger partial charge in [0.25, 0.3) is 0 Å². The van der Waals surface area contributed by atoms with Crippen molar-refractivity contribution < 1.29 is 4.74 Å². The normalized spacial score (nSPS) is 10.0. The molecular weight excluding hydrogens is 174 g/mol. The topological polar surface area (TPSA) is 14.2 Å². The summed E-state index contributed by atoms with van der Waals surface area (Å²) < 4.78 is 7.40. The Kier molecular flexibility index (Phi) is 2.16. The Morgan fingerprint density at radius 1 is 1.43 bits per heavy atom. The zero-order chi connectivity index (χ0) is 9.97. The Morgan fingerprint density at radius 2 is 2.29 bits per heavy atom. The van der Waals surface area contributed by atoms with Crippen LogP contribution in [-0.4, -0.2) is 11.2 Å². The van der Waals surface area contributed by atoms with Crippen molar-refractivity contribution >= 4 is 10.9 Å². The molecule has 14 heavy (non-hydrogen) atoms. The third-order valence-corrected chi connectivity index (χ3v) is 2.18. The summed E-state index contributed by atoms with van der Waals surface area (Å²) in [5, 5.41) is 1.17. The van der Waals surface area contributed by atoms with Gasteiger partial charge in [-0.2, -0.15) is 0 Å². The van der Waals surface area contributed by atoms with Gasteiger partial charge < -0.3 is 9.30 Å². The van der Waals surface area contributed by atoms with Crippen LogP contribution in [0.15, 0.2) is 30.5 Å². The zero-order valence-corrected chi connectivity index (χ0v) is 8.03. The van der Waals surface area contributed by atoms with Gasteiger partial charge in [0.1, 0.15) is 12.4 Å². The molecule has 0 bridgehead atoms. The van der Waals surface area contributed by atoms with Gasteiger partial charge >= 0.3 is 0 Å². The molecule has 0 fully saturated rings. The van der Waals surface area contributed by atoms with Crippen LogP contribution in [0.5, 0.6) is 5.75 Å². The highest BCUT2D eigenvalue weighted by Gasteiger charge is 1.99. The van der Waals surface area contributed by atoms with Crippen LogP contribution in [0.25, 0.3) is 10.9 Å². The molecular formula is C12H11NO. The van der Waals surface area contributed by atoms with Gasteiger partial charge in [0.15, 0.2) is 0 Å². The molecule has 0 aliphatic carbocycles. The lowest BCUT2D eigenvalue weighted by Gasteiger charge is -2.02. The number of fused-ring (bicyclic) bond motifs is 1. The Hall–Kier alpha value is -1.88. The maximum Gasteiger partial charge on any atom is 0.148 e. The number of hydrogen-bond donors (Lipinski definition) is 0. The predicted molar refractivity (Wildman–Crippen MR) is 57.2 cm³/mol. The van der Waals surface area contributed by atoms with E-state index < -0.39 is 0 Å². The fraction of sp³-hybridized carbons (Fsp3) is 0.167. The van der Waals surface area contributed by atoms with Gasteiger partial charge in [-0.15, -0.1) is 6.42 Å². The first kappa shape index (κ1) is 8.71. The number of rotatable bonds is 2. The number of benzene rings is 1. The molecule has 0 N–H and O–H groups in total. The van der Waals surface area contributed by atoms with Crippen molar-refractivity contribution in [2.75, 3.05) is 6.61 Å². The summed E-state index contributed by atoms with van der Waals surface area (Å²) in [7, 11) is 2.02. The summed E-state index contributed by atoms with van der Waals surface area (Å²) >= 11 is 0. The molecule has 0 aliphatic rings. The summed E-state index contributed by atoms with van der Waals surface area (Å²) in [6.45, 7) is 0.318. The van der Waals surface area contributed by atoms with Crippen molar-refractivity contribution in [1.82, 2.24) is 4.57 Å². The van der Waals surface area contributed by atoms with Crippen LogP contribution >= 0.6 is 0 Å². The highest BCUT2D eigenvalue weighted by Crippen LogP contribution is 2.20. The van der Waals surface area contributed by atoms with E-state index in [0.29, 0.717) is 6.61 Å². The van der Waals surface area contributed by atoms with Gasteiger partial charge in [0, 0.05) is 24.1 Å². The molecule has 2 heteroatoms. The van der Waals surface area contributed by atoms with Gasteiger partial charge in [0.2, 0.25) is 0 Å². The van der Waals surface area contributed by atoms with Crippen molar-refractivity contribution in [3.8, 4) is 18.1 Å². The molecule has 0 spiro atoms. The number of terminal acetylenes is 1. The molecule has 2 aromatic rings. The molecule has 0 saturated carbocycles. The van der Waals surface area contributed by atoms with Crippen LogP contribution in [0.3, 0.4) is 0 Å². The van der Waals surface area contributed by atoms with Crippen LogP contribution < -0.4 is 4.74 Å². The maximum atomic E-state index is 5.33. The number of aromatic nitrogens is 1. The smallest absolute Gasteiger partial charge is 0.148 e. The Bertz CT molecular complexity index is 490. The first-order valence-electron chi connectivity index (χ1n) is 4.42. The minimum atomic E-state index is 0.318. The Labute approximate surface area is 83.1 Å². The monoisotopic (exact) mass is 185 g/mol. The predicted octanol–water partition coefficient (Wildman–Crippen LogP) is 2.19. The third-order valence-electron chi connectivity index (χ3n) is 2.18. The summed E-state index contributed by atoms with van der Waals surface area (Å²) in [5.41, 5.74) is 1.19. The minimum absolute atomic E-state index is 0.318. The van der Waals surface area contributed by atoms with E-state index >= 15 is 0 Å². The summed E-state index contributed by atoms with van der Waals surface area (Å²) in [5.74, 6) is 3.26. The summed E-state index contributed by atoms with van der Waals surface area (Å²) in [6.07, 6.45) is 7.14. The fourth-order valence-corrected chi connectivity index (χ4v) is 1.47. The average Bonchev–Trinajstić information content (AvgIpc) is 2.57.